The van der Waals surface area contributed by atoms with Crippen LogP contribution in [0.15, 0.2) is 48.5 Å². The molecule has 2 aromatic carbocycles. The summed E-state index contributed by atoms with van der Waals surface area (Å²) in [6.45, 7) is 4.88. The highest BCUT2D eigenvalue weighted by Crippen LogP contribution is 2.27. The maximum Gasteiger partial charge on any atom is 0.254 e. The Hall–Kier alpha value is -1.82. The third-order valence-corrected chi connectivity index (χ3v) is 5.45. The van der Waals surface area contributed by atoms with Crippen molar-refractivity contribution in [3.63, 3.8) is 0 Å². The Balaban J connectivity index is 0.00000140. The van der Waals surface area contributed by atoms with Crippen molar-refractivity contribution in [1.29, 1.82) is 0 Å². The summed E-state index contributed by atoms with van der Waals surface area (Å²) in [5.41, 5.74) is 3.02. The highest BCUT2D eigenvalue weighted by atomic mass is 35.5. The molecule has 1 N–H and O–H groups in total. The average Bonchev–Trinajstić information content (AvgIpc) is 3.23. The van der Waals surface area contributed by atoms with Gasteiger partial charge in [-0.25, -0.2) is 4.39 Å². The Kier molecular flexibility index (Phi) is 8.10. The summed E-state index contributed by atoms with van der Waals surface area (Å²) in [5.74, 6) is 0.336. The van der Waals surface area contributed by atoms with E-state index in [0.29, 0.717) is 19.0 Å². The molecule has 2 heterocycles. The lowest BCUT2D eigenvalue weighted by Crippen LogP contribution is -2.49. The van der Waals surface area contributed by atoms with Crippen molar-refractivity contribution >= 4 is 36.4 Å². The van der Waals surface area contributed by atoms with Gasteiger partial charge in [-0.05, 0) is 54.8 Å². The van der Waals surface area contributed by atoms with Crippen molar-refractivity contribution in [2.24, 2.45) is 0 Å². The van der Waals surface area contributed by atoms with Crippen molar-refractivity contribution in [3.8, 4) is 0 Å². The molecule has 152 valence electrons. The molecule has 0 bridgehead atoms. The van der Waals surface area contributed by atoms with Crippen molar-refractivity contribution < 1.29 is 9.18 Å². The number of carbonyl (C=O) groups excluding carboxylic acids is 1. The zero-order valence-electron chi connectivity index (χ0n) is 15.6. The molecule has 28 heavy (non-hydrogen) atoms. The van der Waals surface area contributed by atoms with Crippen LogP contribution in [0.5, 0.6) is 0 Å². The molecule has 4 rings (SSSR count). The van der Waals surface area contributed by atoms with E-state index in [1.165, 1.54) is 17.7 Å². The number of nitrogens with zero attached hydrogens (tertiary/aromatic N) is 2. The monoisotopic (exact) mass is 425 g/mol. The first-order valence-electron chi connectivity index (χ1n) is 9.32. The van der Waals surface area contributed by atoms with Gasteiger partial charge >= 0.3 is 0 Å². The van der Waals surface area contributed by atoms with Crippen molar-refractivity contribution in [2.75, 3.05) is 44.2 Å². The van der Waals surface area contributed by atoms with Crippen molar-refractivity contribution in [1.82, 2.24) is 10.2 Å². The topological polar surface area (TPSA) is 35.6 Å². The van der Waals surface area contributed by atoms with Crippen LogP contribution in [0.1, 0.15) is 28.3 Å². The number of hydrogen-bond donors (Lipinski definition) is 1. The summed E-state index contributed by atoms with van der Waals surface area (Å²) >= 11 is 0. The molecule has 1 atom stereocenters. The van der Waals surface area contributed by atoms with Gasteiger partial charge < -0.3 is 15.1 Å². The van der Waals surface area contributed by atoms with E-state index in [9.17, 15) is 9.18 Å². The third-order valence-electron chi connectivity index (χ3n) is 5.45. The third kappa shape index (κ3) is 4.77. The number of anilines is 1. The highest BCUT2D eigenvalue weighted by molar-refractivity contribution is 5.96. The van der Waals surface area contributed by atoms with Gasteiger partial charge in [-0.1, -0.05) is 18.2 Å². The lowest BCUT2D eigenvalue weighted by atomic mass is 9.93. The van der Waals surface area contributed by atoms with E-state index >= 15 is 0 Å². The van der Waals surface area contributed by atoms with E-state index in [4.69, 9.17) is 0 Å². The first kappa shape index (κ1) is 22.5. The minimum Gasteiger partial charge on any atom is -0.368 e. The predicted octanol–water partition coefficient (Wildman–Crippen LogP) is 3.71. The normalized spacial score (nSPS) is 19.0. The Labute approximate surface area is 177 Å². The summed E-state index contributed by atoms with van der Waals surface area (Å²) in [5, 5.41) is 3.39. The second-order valence-electron chi connectivity index (χ2n) is 7.03. The first-order chi connectivity index (χ1) is 12.7. The summed E-state index contributed by atoms with van der Waals surface area (Å²) in [6.07, 6.45) is 1.09. The molecule has 2 aliphatic heterocycles. The summed E-state index contributed by atoms with van der Waals surface area (Å²) in [7, 11) is 0. The molecule has 2 saturated heterocycles. The van der Waals surface area contributed by atoms with E-state index < -0.39 is 0 Å². The Morgan fingerprint density at radius 1 is 0.964 bits per heavy atom. The minimum atomic E-state index is -0.222. The molecular weight excluding hydrogens is 400 g/mol. The maximum absolute atomic E-state index is 13.1. The summed E-state index contributed by atoms with van der Waals surface area (Å²) in [6, 6.07) is 14.6. The molecule has 2 aromatic rings. The summed E-state index contributed by atoms with van der Waals surface area (Å²) in [4.78, 5) is 17.3. The van der Waals surface area contributed by atoms with Crippen LogP contribution in [0.4, 0.5) is 10.1 Å². The van der Waals surface area contributed by atoms with E-state index in [0.717, 1.165) is 43.9 Å². The SMILES string of the molecule is Cl.Cl.O=C(c1ccccc1C1CCNC1)N1CCN(c2ccc(F)cc2)CC1. The smallest absolute Gasteiger partial charge is 0.254 e. The van der Waals surface area contributed by atoms with Crippen LogP contribution in [-0.2, 0) is 0 Å². The van der Waals surface area contributed by atoms with E-state index in [1.54, 1.807) is 12.1 Å². The van der Waals surface area contributed by atoms with Crippen LogP contribution < -0.4 is 10.2 Å². The lowest BCUT2D eigenvalue weighted by Gasteiger charge is -2.36. The van der Waals surface area contributed by atoms with Gasteiger partial charge in [-0.2, -0.15) is 0 Å². The van der Waals surface area contributed by atoms with Crippen molar-refractivity contribution in [3.05, 3.63) is 65.5 Å². The van der Waals surface area contributed by atoms with Gasteiger partial charge in [0, 0.05) is 44.0 Å². The Bertz CT molecular complexity index is 773. The van der Waals surface area contributed by atoms with Crippen LogP contribution in [0.2, 0.25) is 0 Å². The molecule has 0 saturated carbocycles. The fraction of sp³-hybridized carbons (Fsp3) is 0.381. The standard InChI is InChI=1S/C21H24FN3O.2ClH/c22-17-5-7-18(8-6-17)24-11-13-25(14-12-24)21(26)20-4-2-1-3-19(20)16-9-10-23-15-16;;/h1-8,16,23H,9-15H2;2*1H. The van der Waals surface area contributed by atoms with Gasteiger partial charge in [0.15, 0.2) is 0 Å². The highest BCUT2D eigenvalue weighted by Gasteiger charge is 2.27. The molecule has 7 heteroatoms. The number of amides is 1. The van der Waals surface area contributed by atoms with Gasteiger partial charge in [0.1, 0.15) is 5.82 Å². The molecule has 0 aromatic heterocycles. The molecular formula is C21H26Cl2FN3O. The molecule has 4 nitrogen and oxygen atoms in total. The summed E-state index contributed by atoms with van der Waals surface area (Å²) < 4.78 is 13.1. The Morgan fingerprint density at radius 3 is 2.29 bits per heavy atom. The average molecular weight is 426 g/mol. The molecule has 2 fully saturated rings. The van der Waals surface area contributed by atoms with Gasteiger partial charge in [0.05, 0.1) is 0 Å². The fourth-order valence-electron chi connectivity index (χ4n) is 3.96. The van der Waals surface area contributed by atoms with Crippen LogP contribution in [-0.4, -0.2) is 50.1 Å². The first-order valence-corrected chi connectivity index (χ1v) is 9.32. The zero-order chi connectivity index (χ0) is 17.9. The van der Waals surface area contributed by atoms with Crippen LogP contribution in [0.25, 0.3) is 0 Å². The fourth-order valence-corrected chi connectivity index (χ4v) is 3.96. The molecule has 1 amide bonds. The number of piperazine rings is 1. The molecule has 0 aliphatic carbocycles. The quantitative estimate of drug-likeness (QED) is 0.813. The minimum absolute atomic E-state index is 0. The number of hydrogen-bond acceptors (Lipinski definition) is 3. The Morgan fingerprint density at radius 2 is 1.64 bits per heavy atom. The van der Waals surface area contributed by atoms with Crippen molar-refractivity contribution in [2.45, 2.75) is 12.3 Å². The number of benzene rings is 2. The van der Waals surface area contributed by atoms with E-state index in [-0.39, 0.29) is 36.5 Å². The molecule has 0 spiro atoms. The van der Waals surface area contributed by atoms with Gasteiger partial charge in [-0.15, -0.1) is 24.8 Å². The maximum atomic E-state index is 13.1. The number of carbonyl (C=O) groups is 1. The largest absolute Gasteiger partial charge is 0.368 e. The van der Waals surface area contributed by atoms with E-state index in [2.05, 4.69) is 16.3 Å². The second-order valence-corrected chi connectivity index (χ2v) is 7.03. The lowest BCUT2D eigenvalue weighted by molar-refractivity contribution is 0.0745. The van der Waals surface area contributed by atoms with E-state index in [1.807, 2.05) is 23.1 Å². The van der Waals surface area contributed by atoms with Gasteiger partial charge in [-0.3, -0.25) is 4.79 Å². The molecule has 0 radical (unpaired) electrons. The van der Waals surface area contributed by atoms with Crippen LogP contribution in [0.3, 0.4) is 0 Å². The number of rotatable bonds is 3. The molecule has 2 aliphatic rings. The van der Waals surface area contributed by atoms with Crippen LogP contribution in [0, 0.1) is 5.82 Å². The second kappa shape index (κ2) is 10.1. The predicted molar refractivity (Wildman–Crippen MR) is 116 cm³/mol. The van der Waals surface area contributed by atoms with Crippen LogP contribution >= 0.6 is 24.8 Å². The zero-order valence-corrected chi connectivity index (χ0v) is 17.3. The molecule has 1 unspecified atom stereocenters. The van der Waals surface area contributed by atoms with Gasteiger partial charge in [0.2, 0.25) is 0 Å². The van der Waals surface area contributed by atoms with Gasteiger partial charge in [0.25, 0.3) is 5.91 Å². The number of nitrogens with one attached hydrogen (secondary N) is 1. The number of halogens is 3.